The van der Waals surface area contributed by atoms with Crippen molar-refractivity contribution in [2.24, 2.45) is 0 Å². The van der Waals surface area contributed by atoms with E-state index in [9.17, 15) is 9.59 Å². The molecule has 32 heavy (non-hydrogen) atoms. The molecule has 0 aliphatic rings. The van der Waals surface area contributed by atoms with Crippen LogP contribution in [0.3, 0.4) is 0 Å². The molecular weight excluding hydrogens is 463 g/mol. The fourth-order valence-electron chi connectivity index (χ4n) is 3.22. The molecule has 1 N–H and O–H groups in total. The van der Waals surface area contributed by atoms with Crippen LogP contribution in [0.5, 0.6) is 0 Å². The Bertz CT molecular complexity index is 905. The molecule has 0 aliphatic carbocycles. The number of nitrogens with one attached hydrogen (secondary N) is 1. The quantitative estimate of drug-likeness (QED) is 0.401. The number of nitrogens with zero attached hydrogens (tertiary/aromatic N) is 1. The van der Waals surface area contributed by atoms with Gasteiger partial charge >= 0.3 is 0 Å². The number of amides is 2. The van der Waals surface area contributed by atoms with E-state index < -0.39 is 6.04 Å². The molecule has 0 heterocycles. The molecule has 0 fully saturated rings. The highest BCUT2D eigenvalue weighted by atomic mass is 35.5. The van der Waals surface area contributed by atoms with Gasteiger partial charge in [0.2, 0.25) is 11.8 Å². The van der Waals surface area contributed by atoms with Crippen LogP contribution in [-0.4, -0.2) is 34.6 Å². The summed E-state index contributed by atoms with van der Waals surface area (Å²) >= 11 is 14.0. The Morgan fingerprint density at radius 1 is 1.06 bits per heavy atom. The van der Waals surface area contributed by atoms with Crippen molar-refractivity contribution in [2.75, 3.05) is 5.75 Å². The number of thioether (sulfide) groups is 1. The Morgan fingerprint density at radius 2 is 1.75 bits per heavy atom. The number of halogens is 2. The van der Waals surface area contributed by atoms with Gasteiger partial charge in [0, 0.05) is 28.4 Å². The van der Waals surface area contributed by atoms with E-state index >= 15 is 0 Å². The molecule has 2 rings (SSSR count). The monoisotopic (exact) mass is 494 g/mol. The summed E-state index contributed by atoms with van der Waals surface area (Å²) in [5, 5.41) is 4.04. The van der Waals surface area contributed by atoms with Gasteiger partial charge in [-0.1, -0.05) is 72.9 Å². The topological polar surface area (TPSA) is 49.4 Å². The Hall–Kier alpha value is -1.69. The first-order valence-corrected chi connectivity index (χ1v) is 12.8. The molecule has 2 aromatic rings. The van der Waals surface area contributed by atoms with E-state index in [4.69, 9.17) is 23.2 Å². The SMILES string of the molecule is CC[C@@H](C)NC(=O)[C@@H](CC)N(Cc1ccc(Cl)cc1Cl)C(=O)CSCc1ccc(C)cc1. The first-order chi connectivity index (χ1) is 15.2. The van der Waals surface area contributed by atoms with Crippen molar-refractivity contribution in [1.82, 2.24) is 10.2 Å². The summed E-state index contributed by atoms with van der Waals surface area (Å²) in [5.74, 6) is 0.798. The third-order valence-corrected chi connectivity index (χ3v) is 6.93. The summed E-state index contributed by atoms with van der Waals surface area (Å²) in [4.78, 5) is 27.9. The van der Waals surface area contributed by atoms with Crippen molar-refractivity contribution in [3.05, 3.63) is 69.2 Å². The van der Waals surface area contributed by atoms with Crippen molar-refractivity contribution in [3.8, 4) is 0 Å². The number of benzene rings is 2. The lowest BCUT2D eigenvalue weighted by atomic mass is 10.1. The van der Waals surface area contributed by atoms with Crippen molar-refractivity contribution >= 4 is 46.8 Å². The average Bonchev–Trinajstić information content (AvgIpc) is 2.76. The van der Waals surface area contributed by atoms with Crippen molar-refractivity contribution in [1.29, 1.82) is 0 Å². The van der Waals surface area contributed by atoms with Gasteiger partial charge < -0.3 is 10.2 Å². The summed E-state index contributed by atoms with van der Waals surface area (Å²) in [6, 6.07) is 13.0. The van der Waals surface area contributed by atoms with Gasteiger partial charge in [0.05, 0.1) is 5.75 Å². The van der Waals surface area contributed by atoms with Crippen molar-refractivity contribution in [3.63, 3.8) is 0 Å². The number of carbonyl (C=O) groups excluding carboxylic acids is 2. The summed E-state index contributed by atoms with van der Waals surface area (Å²) < 4.78 is 0. The zero-order chi connectivity index (χ0) is 23.7. The third-order valence-electron chi connectivity index (χ3n) is 5.36. The van der Waals surface area contributed by atoms with E-state index in [1.807, 2.05) is 26.8 Å². The van der Waals surface area contributed by atoms with E-state index in [1.54, 1.807) is 28.8 Å². The number of rotatable bonds is 11. The van der Waals surface area contributed by atoms with Crippen LogP contribution in [0.15, 0.2) is 42.5 Å². The zero-order valence-corrected chi connectivity index (χ0v) is 21.5. The van der Waals surface area contributed by atoms with Crippen LogP contribution < -0.4 is 5.32 Å². The molecular formula is C25H32Cl2N2O2S. The molecule has 0 bridgehead atoms. The van der Waals surface area contributed by atoms with E-state index in [0.29, 0.717) is 16.5 Å². The molecule has 0 aromatic heterocycles. The predicted octanol–water partition coefficient (Wildman–Crippen LogP) is 6.26. The zero-order valence-electron chi connectivity index (χ0n) is 19.2. The van der Waals surface area contributed by atoms with Crippen LogP contribution in [0.2, 0.25) is 10.0 Å². The average molecular weight is 496 g/mol. The molecule has 0 saturated carbocycles. The highest BCUT2D eigenvalue weighted by Gasteiger charge is 2.29. The molecule has 7 heteroatoms. The maximum absolute atomic E-state index is 13.3. The Kier molecular flexibility index (Phi) is 10.9. The highest BCUT2D eigenvalue weighted by molar-refractivity contribution is 7.99. The first kappa shape index (κ1) is 26.6. The molecule has 174 valence electrons. The smallest absolute Gasteiger partial charge is 0.243 e. The van der Waals surface area contributed by atoms with Gasteiger partial charge in [-0.2, -0.15) is 0 Å². The second-order valence-electron chi connectivity index (χ2n) is 7.98. The molecule has 2 amide bonds. The minimum atomic E-state index is -0.566. The minimum Gasteiger partial charge on any atom is -0.352 e. The highest BCUT2D eigenvalue weighted by Crippen LogP contribution is 2.24. The summed E-state index contributed by atoms with van der Waals surface area (Å²) in [5.41, 5.74) is 3.14. The van der Waals surface area contributed by atoms with Gasteiger partial charge in [0.15, 0.2) is 0 Å². The number of hydrogen-bond acceptors (Lipinski definition) is 3. The molecule has 0 unspecified atom stereocenters. The second kappa shape index (κ2) is 13.1. The fraction of sp³-hybridized carbons (Fsp3) is 0.440. The summed E-state index contributed by atoms with van der Waals surface area (Å²) in [6.07, 6.45) is 1.34. The van der Waals surface area contributed by atoms with Gasteiger partial charge in [-0.25, -0.2) is 0 Å². The molecule has 2 aromatic carbocycles. The van der Waals surface area contributed by atoms with Crippen LogP contribution in [0.4, 0.5) is 0 Å². The Morgan fingerprint density at radius 3 is 2.34 bits per heavy atom. The van der Waals surface area contributed by atoms with E-state index in [1.165, 1.54) is 11.1 Å². The molecule has 0 saturated heterocycles. The van der Waals surface area contributed by atoms with Gasteiger partial charge in [-0.3, -0.25) is 9.59 Å². The molecule has 4 nitrogen and oxygen atoms in total. The minimum absolute atomic E-state index is 0.0449. The molecule has 2 atom stereocenters. The first-order valence-electron chi connectivity index (χ1n) is 10.9. The molecule has 0 spiro atoms. The van der Waals surface area contributed by atoms with Gasteiger partial charge in [-0.15, -0.1) is 11.8 Å². The van der Waals surface area contributed by atoms with Crippen LogP contribution in [0.1, 0.15) is 50.3 Å². The number of carbonyl (C=O) groups is 2. The second-order valence-corrected chi connectivity index (χ2v) is 9.81. The van der Waals surface area contributed by atoms with Crippen LogP contribution in [-0.2, 0) is 21.9 Å². The largest absolute Gasteiger partial charge is 0.352 e. The predicted molar refractivity (Wildman–Crippen MR) is 136 cm³/mol. The Balaban J connectivity index is 2.17. The van der Waals surface area contributed by atoms with Crippen LogP contribution in [0.25, 0.3) is 0 Å². The summed E-state index contributed by atoms with van der Waals surface area (Å²) in [7, 11) is 0. The molecule has 0 radical (unpaired) electrons. The number of hydrogen-bond donors (Lipinski definition) is 1. The van der Waals surface area contributed by atoms with Crippen LogP contribution in [0, 0.1) is 6.92 Å². The maximum atomic E-state index is 13.3. The third kappa shape index (κ3) is 8.02. The lowest BCUT2D eigenvalue weighted by Gasteiger charge is -2.31. The number of aryl methyl sites for hydroxylation is 1. The van der Waals surface area contributed by atoms with Gasteiger partial charge in [0.1, 0.15) is 6.04 Å². The van der Waals surface area contributed by atoms with E-state index in [-0.39, 0.29) is 30.2 Å². The van der Waals surface area contributed by atoms with Crippen molar-refractivity contribution in [2.45, 2.75) is 64.9 Å². The maximum Gasteiger partial charge on any atom is 0.243 e. The van der Waals surface area contributed by atoms with Crippen molar-refractivity contribution < 1.29 is 9.59 Å². The van der Waals surface area contributed by atoms with Crippen LogP contribution >= 0.6 is 35.0 Å². The summed E-state index contributed by atoms with van der Waals surface area (Å²) in [6.45, 7) is 8.21. The van der Waals surface area contributed by atoms with E-state index in [0.717, 1.165) is 17.7 Å². The lowest BCUT2D eigenvalue weighted by molar-refractivity contribution is -0.139. The standard InChI is InChI=1S/C25H32Cl2N2O2S/c1-5-18(4)28-25(31)23(6-2)29(14-20-11-12-21(26)13-22(20)27)24(30)16-32-15-19-9-7-17(3)8-10-19/h7-13,18,23H,5-6,14-16H2,1-4H3,(H,28,31)/t18-,23-/m1/s1. The van der Waals surface area contributed by atoms with E-state index in [2.05, 4.69) is 36.5 Å². The fourth-order valence-corrected chi connectivity index (χ4v) is 4.56. The lowest BCUT2D eigenvalue weighted by Crippen LogP contribution is -2.51. The normalized spacial score (nSPS) is 12.8. The van der Waals surface area contributed by atoms with Gasteiger partial charge in [-0.05, 0) is 49.9 Å². The Labute approximate surface area is 206 Å². The van der Waals surface area contributed by atoms with Gasteiger partial charge in [0.25, 0.3) is 0 Å². The molecule has 0 aliphatic heterocycles.